The smallest absolute Gasteiger partial charge is 0.246 e. The highest BCUT2D eigenvalue weighted by Crippen LogP contribution is 2.30. The molecule has 80 heavy (non-hydrogen) atoms. The highest BCUT2D eigenvalue weighted by Gasteiger charge is 2.47. The first kappa shape index (κ1) is 60.6. The topological polar surface area (TPSA) is 276 Å². The Labute approximate surface area is 469 Å². The third kappa shape index (κ3) is 14.5. The zero-order valence-electron chi connectivity index (χ0n) is 47.5. The predicted octanol–water partition coefficient (Wildman–Crippen LogP) is 2.22. The number of hydrogen-bond acceptors (Lipinski definition) is 11. The van der Waals surface area contributed by atoms with Gasteiger partial charge in [-0.05, 0) is 106 Å². The van der Waals surface area contributed by atoms with E-state index in [-0.39, 0.29) is 63.5 Å². The van der Waals surface area contributed by atoms with E-state index < -0.39 is 131 Å². The molecule has 0 aromatic heterocycles. The fourth-order valence-electron chi connectivity index (χ4n) is 11.9. The van der Waals surface area contributed by atoms with E-state index in [1.807, 2.05) is 40.7 Å². The molecule has 2 aromatic carbocycles. The van der Waals surface area contributed by atoms with Crippen LogP contribution in [0.3, 0.4) is 0 Å². The van der Waals surface area contributed by atoms with Crippen LogP contribution in [0.15, 0.2) is 54.6 Å². The molecule has 12 atom stereocenters. The third-order valence-electron chi connectivity index (χ3n) is 16.9. The molecule has 0 aliphatic carbocycles. The highest BCUT2D eigenvalue weighted by molar-refractivity contribution is 6.00. The molecule has 21 heteroatoms. The number of amides is 10. The van der Waals surface area contributed by atoms with Gasteiger partial charge in [0.25, 0.3) is 0 Å². The summed E-state index contributed by atoms with van der Waals surface area (Å²) in [5, 5.41) is 27.3. The summed E-state index contributed by atoms with van der Waals surface area (Å²) in [7, 11) is 0. The monoisotopic (exact) mass is 1110 g/mol. The second-order valence-corrected chi connectivity index (χ2v) is 23.1. The zero-order valence-corrected chi connectivity index (χ0v) is 47.5. The van der Waals surface area contributed by atoms with Crippen LogP contribution in [-0.2, 0) is 60.8 Å². The molecular formula is C59H84N10O11. The fraction of sp³-hybridized carbons (Fsp3) is 0.627. The first-order valence-electron chi connectivity index (χ1n) is 29.1. The van der Waals surface area contributed by atoms with Gasteiger partial charge in [-0.2, -0.15) is 0 Å². The van der Waals surface area contributed by atoms with E-state index >= 15 is 0 Å². The van der Waals surface area contributed by atoms with Gasteiger partial charge in [0.1, 0.15) is 66.2 Å². The molecule has 21 nitrogen and oxygen atoms in total. The summed E-state index contributed by atoms with van der Waals surface area (Å²) in [6.45, 7) is 13.5. The lowest BCUT2D eigenvalue weighted by Crippen LogP contribution is -2.62. The van der Waals surface area contributed by atoms with Gasteiger partial charge >= 0.3 is 0 Å². The summed E-state index contributed by atoms with van der Waals surface area (Å²) in [5.41, 5.74) is 1.29. The normalized spacial score (nSPS) is 29.1. The van der Waals surface area contributed by atoms with E-state index in [9.17, 15) is 53.1 Å². The van der Waals surface area contributed by atoms with Gasteiger partial charge in [0, 0.05) is 39.0 Å². The standard InChI is InChI=1S/C59H84N10O11/c1-8-35(5)48-55(76)62-41(32-38-17-11-10-12-18-38)51(72)60-37(7)50(71)63-43(31-34(3)4)56(77)68-29-15-21-46(68)57(78)66-27-13-19-44(66)53(74)61-42(33-39-23-25-40(70)26-24-39)52(73)65-49(36(6)9-2)59(80)69-30-16-22-47(69)58(79)67-28-14-20-45(67)54(75)64-48/h10-12,17-18,23-26,34-37,41-49,70H,8-9,13-16,19-22,27-33H2,1-7H3,(H,60,72)(H,61,74)(H,62,76)(H,63,71)(H,64,75)(H,65,73)/t35-,36+,37-,41+,42-,43+,44+,45+,46-,47-,48-,49+/m1/s1. The van der Waals surface area contributed by atoms with Gasteiger partial charge in [0.15, 0.2) is 0 Å². The first-order chi connectivity index (χ1) is 38.2. The largest absolute Gasteiger partial charge is 0.508 e. The van der Waals surface area contributed by atoms with Crippen LogP contribution >= 0.6 is 0 Å². The summed E-state index contributed by atoms with van der Waals surface area (Å²) in [6.07, 6.45) is 4.17. The molecule has 5 aliphatic rings. The van der Waals surface area contributed by atoms with Crippen molar-refractivity contribution < 1.29 is 53.1 Å². The van der Waals surface area contributed by atoms with Crippen molar-refractivity contribution in [3.63, 3.8) is 0 Å². The van der Waals surface area contributed by atoms with Crippen molar-refractivity contribution in [1.29, 1.82) is 0 Å². The maximum Gasteiger partial charge on any atom is 0.246 e. The predicted molar refractivity (Wildman–Crippen MR) is 297 cm³/mol. The molecule has 0 saturated carbocycles. The van der Waals surface area contributed by atoms with E-state index in [0.717, 1.165) is 0 Å². The van der Waals surface area contributed by atoms with Crippen LogP contribution in [0.5, 0.6) is 5.75 Å². The molecule has 7 rings (SSSR count). The zero-order chi connectivity index (χ0) is 57.9. The van der Waals surface area contributed by atoms with Gasteiger partial charge in [0.2, 0.25) is 59.1 Å². The molecule has 5 heterocycles. The number of nitrogens with one attached hydrogen (secondary N) is 6. The van der Waals surface area contributed by atoms with Crippen molar-refractivity contribution in [3.8, 4) is 5.75 Å². The number of fused-ring (bicyclic) bond motifs is 4. The molecule has 0 spiro atoms. The van der Waals surface area contributed by atoms with Crippen molar-refractivity contribution in [2.75, 3.05) is 26.2 Å². The Morgan fingerprint density at radius 2 is 0.863 bits per heavy atom. The Morgan fingerprint density at radius 3 is 1.38 bits per heavy atom. The number of nitrogens with zero attached hydrogens (tertiary/aromatic N) is 4. The van der Waals surface area contributed by atoms with Gasteiger partial charge in [-0.3, -0.25) is 47.9 Å². The Kier molecular flexibility index (Phi) is 20.8. The number of phenols is 1. The Morgan fingerprint density at radius 1 is 0.450 bits per heavy atom. The maximum atomic E-state index is 14.9. The van der Waals surface area contributed by atoms with Crippen LogP contribution < -0.4 is 31.9 Å². The number of benzene rings is 2. The summed E-state index contributed by atoms with van der Waals surface area (Å²) in [5.74, 6) is -6.69. The van der Waals surface area contributed by atoms with Crippen LogP contribution in [0.4, 0.5) is 0 Å². The minimum absolute atomic E-state index is 0.00659. The minimum Gasteiger partial charge on any atom is -0.508 e. The molecule has 0 radical (unpaired) electrons. The molecule has 0 unspecified atom stereocenters. The number of carbonyl (C=O) groups excluding carboxylic acids is 10. The van der Waals surface area contributed by atoms with Crippen molar-refractivity contribution >= 4 is 59.1 Å². The summed E-state index contributed by atoms with van der Waals surface area (Å²) in [4.78, 5) is 152. The average molecular weight is 1110 g/mol. The van der Waals surface area contributed by atoms with Gasteiger partial charge in [-0.15, -0.1) is 0 Å². The molecule has 5 fully saturated rings. The van der Waals surface area contributed by atoms with Crippen LogP contribution in [0.2, 0.25) is 0 Å². The molecule has 2 aromatic rings. The summed E-state index contributed by atoms with van der Waals surface area (Å²) >= 11 is 0. The van der Waals surface area contributed by atoms with E-state index in [2.05, 4.69) is 31.9 Å². The molecule has 5 aliphatic heterocycles. The van der Waals surface area contributed by atoms with Crippen LogP contribution in [0.25, 0.3) is 0 Å². The number of carbonyl (C=O) groups is 10. The second kappa shape index (κ2) is 27.4. The van der Waals surface area contributed by atoms with Crippen LogP contribution in [-0.4, -0.2) is 170 Å². The lowest BCUT2D eigenvalue weighted by Gasteiger charge is -2.35. The minimum atomic E-state index is -1.27. The Balaban J connectivity index is 1.24. The fourth-order valence-corrected chi connectivity index (χ4v) is 11.9. The van der Waals surface area contributed by atoms with E-state index in [1.54, 1.807) is 43.3 Å². The molecule has 7 N–H and O–H groups in total. The van der Waals surface area contributed by atoms with Gasteiger partial charge in [0.05, 0.1) is 0 Å². The van der Waals surface area contributed by atoms with E-state index in [1.165, 1.54) is 38.7 Å². The molecule has 436 valence electrons. The number of rotatable bonds is 10. The van der Waals surface area contributed by atoms with E-state index in [0.29, 0.717) is 68.9 Å². The average Bonchev–Trinajstić information content (AvgIpc) is 4.34. The lowest BCUT2D eigenvalue weighted by molar-refractivity contribution is -0.149. The van der Waals surface area contributed by atoms with Gasteiger partial charge in [-0.1, -0.05) is 96.8 Å². The van der Waals surface area contributed by atoms with Crippen molar-refractivity contribution in [2.45, 2.75) is 192 Å². The van der Waals surface area contributed by atoms with Gasteiger partial charge < -0.3 is 56.6 Å². The van der Waals surface area contributed by atoms with Crippen molar-refractivity contribution in [1.82, 2.24) is 51.5 Å². The van der Waals surface area contributed by atoms with Crippen LogP contribution in [0, 0.1) is 17.8 Å². The SMILES string of the molecule is CC[C@@H](C)[C@H]1NC(=O)[C@@H]2CCCN2C(=O)[C@H]2CCCN2C(=O)[C@H]([C@@H](C)CC)NC(=O)[C@@H](Cc2ccc(O)cc2)NC(=O)[C@@H]2CCCN2C(=O)[C@H]2CCCN2C(=O)[C@H](CC(C)C)NC(=O)[C@@H](C)NC(=O)[C@H](Cc2ccccc2)NC1=O. The van der Waals surface area contributed by atoms with Crippen molar-refractivity contribution in [2.24, 2.45) is 17.8 Å². The third-order valence-corrected chi connectivity index (χ3v) is 16.9. The quantitative estimate of drug-likeness (QED) is 0.181. The Hall–Kier alpha value is -7.06. The van der Waals surface area contributed by atoms with E-state index in [4.69, 9.17) is 0 Å². The number of aromatic hydroxyl groups is 1. The van der Waals surface area contributed by atoms with Crippen LogP contribution in [0.1, 0.15) is 130 Å². The maximum absolute atomic E-state index is 14.9. The molecule has 10 amide bonds. The second-order valence-electron chi connectivity index (χ2n) is 23.1. The van der Waals surface area contributed by atoms with Gasteiger partial charge in [-0.25, -0.2) is 0 Å². The number of phenolic OH excluding ortho intramolecular Hbond substituents is 1. The molecular weight excluding hydrogens is 1020 g/mol. The lowest BCUT2D eigenvalue weighted by atomic mass is 9.96. The molecule has 5 saturated heterocycles. The first-order valence-corrected chi connectivity index (χ1v) is 29.1. The Bertz CT molecular complexity index is 2580. The number of hydrogen-bond donors (Lipinski definition) is 7. The summed E-state index contributed by atoms with van der Waals surface area (Å²) < 4.78 is 0. The highest BCUT2D eigenvalue weighted by atomic mass is 16.3. The molecule has 0 bridgehead atoms. The summed E-state index contributed by atoms with van der Waals surface area (Å²) in [6, 6.07) is 4.15. The van der Waals surface area contributed by atoms with Crippen molar-refractivity contribution in [3.05, 3.63) is 65.7 Å².